The van der Waals surface area contributed by atoms with Crippen molar-refractivity contribution >= 4 is 34.1 Å². The van der Waals surface area contributed by atoms with Crippen LogP contribution in [0.4, 0.5) is 10.5 Å². The van der Waals surface area contributed by atoms with E-state index in [2.05, 4.69) is 27.1 Å². The number of carbonyl (C=O) groups is 1. The maximum atomic E-state index is 12.2. The van der Waals surface area contributed by atoms with Crippen LogP contribution in [0.3, 0.4) is 0 Å². The monoisotopic (exact) mass is 510 g/mol. The second-order valence-electron chi connectivity index (χ2n) is 8.27. The molecule has 0 saturated carbocycles. The summed E-state index contributed by atoms with van der Waals surface area (Å²) in [7, 11) is -3.30. The molecule has 0 unspecified atom stereocenters. The molecule has 2 aromatic rings. The summed E-state index contributed by atoms with van der Waals surface area (Å²) in [5, 5.41) is 2.91. The van der Waals surface area contributed by atoms with Crippen molar-refractivity contribution in [2.45, 2.75) is 39.3 Å². The number of hydrogen-bond acceptors (Lipinski definition) is 5. The lowest BCUT2D eigenvalue weighted by Gasteiger charge is -2.38. The van der Waals surface area contributed by atoms with Crippen LogP contribution >= 0.6 is 12.4 Å². The molecule has 10 heteroatoms. The molecule has 34 heavy (non-hydrogen) atoms. The minimum absolute atomic E-state index is 0. The Hall–Kier alpha value is -2.49. The Morgan fingerprint density at radius 2 is 1.59 bits per heavy atom. The van der Waals surface area contributed by atoms with Gasteiger partial charge in [-0.1, -0.05) is 12.1 Å². The molecule has 0 radical (unpaired) electrons. The van der Waals surface area contributed by atoms with Crippen molar-refractivity contribution in [3.05, 3.63) is 54.1 Å². The summed E-state index contributed by atoms with van der Waals surface area (Å²) >= 11 is 0. The number of urea groups is 1. The number of piperidine rings is 1. The van der Waals surface area contributed by atoms with E-state index in [9.17, 15) is 13.2 Å². The first kappa shape index (κ1) is 27.8. The average Bonchev–Trinajstić information content (AvgIpc) is 2.77. The van der Waals surface area contributed by atoms with Gasteiger partial charge in [-0.2, -0.15) is 0 Å². The maximum absolute atomic E-state index is 12.2. The van der Waals surface area contributed by atoms with Gasteiger partial charge in [-0.3, -0.25) is 9.62 Å². The summed E-state index contributed by atoms with van der Waals surface area (Å²) in [6.07, 6.45) is 3.08. The summed E-state index contributed by atoms with van der Waals surface area (Å²) in [4.78, 5) is 16.6. The molecule has 0 aliphatic carbocycles. The van der Waals surface area contributed by atoms with E-state index in [0.717, 1.165) is 51.0 Å². The zero-order chi connectivity index (χ0) is 23.8. The van der Waals surface area contributed by atoms with Gasteiger partial charge in [-0.05, 0) is 68.7 Å². The number of likely N-dealkylation sites (tertiary alicyclic amines) is 1. The summed E-state index contributed by atoms with van der Waals surface area (Å²) < 4.78 is 30.9. The number of halogens is 1. The molecule has 0 aromatic heterocycles. The Bertz CT molecular complexity index is 1010. The maximum Gasteiger partial charge on any atom is 0.317 e. The van der Waals surface area contributed by atoms with Crippen molar-refractivity contribution < 1.29 is 17.9 Å². The molecule has 2 N–H and O–H groups in total. The molecule has 2 aromatic carbocycles. The zero-order valence-corrected chi connectivity index (χ0v) is 21.6. The SMILES string of the molecule is CCNC(=O)N(CC)C1CCN(Cc2ccc(Oc3ccc(NS(C)(=O)=O)cc3)cc2)CC1.Cl. The van der Waals surface area contributed by atoms with Gasteiger partial charge in [0.15, 0.2) is 0 Å². The number of rotatable bonds is 9. The van der Waals surface area contributed by atoms with Crippen molar-refractivity contribution in [2.75, 3.05) is 37.2 Å². The fourth-order valence-corrected chi connectivity index (χ4v) is 4.64. The van der Waals surface area contributed by atoms with Crippen LogP contribution in [0.1, 0.15) is 32.3 Å². The van der Waals surface area contributed by atoms with Crippen LogP contribution in [0.15, 0.2) is 48.5 Å². The van der Waals surface area contributed by atoms with Crippen molar-refractivity contribution in [1.82, 2.24) is 15.1 Å². The number of carbonyl (C=O) groups excluding carboxylic acids is 1. The first-order chi connectivity index (χ1) is 15.8. The van der Waals surface area contributed by atoms with Crippen molar-refractivity contribution in [3.63, 3.8) is 0 Å². The third kappa shape index (κ3) is 8.38. The van der Waals surface area contributed by atoms with Gasteiger partial charge < -0.3 is 15.0 Å². The number of nitrogens with one attached hydrogen (secondary N) is 2. The summed E-state index contributed by atoms with van der Waals surface area (Å²) in [6.45, 7) is 8.16. The fraction of sp³-hybridized carbons (Fsp3) is 0.458. The minimum atomic E-state index is -3.30. The molecule has 1 aliphatic heterocycles. The molecule has 3 rings (SSSR count). The van der Waals surface area contributed by atoms with Crippen LogP contribution in [0.25, 0.3) is 0 Å². The lowest BCUT2D eigenvalue weighted by molar-refractivity contribution is 0.120. The molecule has 0 spiro atoms. The van der Waals surface area contributed by atoms with Gasteiger partial charge in [0.2, 0.25) is 10.0 Å². The van der Waals surface area contributed by atoms with Crippen LogP contribution in [-0.4, -0.2) is 62.7 Å². The average molecular weight is 511 g/mol. The fourth-order valence-electron chi connectivity index (χ4n) is 4.07. The highest BCUT2D eigenvalue weighted by Crippen LogP contribution is 2.25. The Labute approximate surface area is 209 Å². The first-order valence-electron chi connectivity index (χ1n) is 11.4. The number of hydrogen-bond donors (Lipinski definition) is 2. The Morgan fingerprint density at radius 3 is 2.09 bits per heavy atom. The number of sulfonamides is 1. The van der Waals surface area contributed by atoms with Crippen molar-refractivity contribution in [1.29, 1.82) is 0 Å². The quantitative estimate of drug-likeness (QED) is 0.525. The van der Waals surface area contributed by atoms with Gasteiger partial charge in [0.05, 0.1) is 6.26 Å². The lowest BCUT2D eigenvalue weighted by Crippen LogP contribution is -2.50. The largest absolute Gasteiger partial charge is 0.457 e. The summed E-state index contributed by atoms with van der Waals surface area (Å²) in [5.41, 5.74) is 1.71. The molecule has 1 heterocycles. The number of nitrogens with zero attached hydrogens (tertiary/aromatic N) is 2. The number of ether oxygens (including phenoxy) is 1. The molecule has 1 aliphatic rings. The van der Waals surface area contributed by atoms with Crippen LogP contribution < -0.4 is 14.8 Å². The van der Waals surface area contributed by atoms with Crippen LogP contribution in [0, 0.1) is 0 Å². The predicted octanol–water partition coefficient (Wildman–Crippen LogP) is 4.29. The molecule has 2 amide bonds. The van der Waals surface area contributed by atoms with Crippen molar-refractivity contribution in [2.24, 2.45) is 0 Å². The van der Waals surface area contributed by atoms with Gasteiger partial charge in [-0.15, -0.1) is 12.4 Å². The lowest BCUT2D eigenvalue weighted by atomic mass is 10.0. The standard InChI is InChI=1S/C24H34N4O4S.ClH/c1-4-25-24(29)28(5-2)21-14-16-27(17-15-21)18-19-6-10-22(11-7-19)32-23-12-8-20(9-13-23)26-33(3,30)31;/h6-13,21,26H,4-5,14-18H2,1-3H3,(H,25,29);1H. The second kappa shape index (κ2) is 12.8. The van der Waals surface area contributed by atoms with Gasteiger partial charge >= 0.3 is 6.03 Å². The molecule has 188 valence electrons. The second-order valence-corrected chi connectivity index (χ2v) is 10.0. The van der Waals surface area contributed by atoms with Crippen LogP contribution in [0.5, 0.6) is 11.5 Å². The highest BCUT2D eigenvalue weighted by Gasteiger charge is 2.26. The molecule has 1 fully saturated rings. The van der Waals surface area contributed by atoms with Crippen LogP contribution in [0.2, 0.25) is 0 Å². The predicted molar refractivity (Wildman–Crippen MR) is 138 cm³/mol. The highest BCUT2D eigenvalue weighted by atomic mass is 35.5. The first-order valence-corrected chi connectivity index (χ1v) is 13.3. The number of benzene rings is 2. The van der Waals surface area contributed by atoms with Crippen LogP contribution in [-0.2, 0) is 16.6 Å². The molecular formula is C24H35ClN4O4S. The molecule has 0 atom stereocenters. The number of anilines is 1. The van der Waals surface area contributed by atoms with E-state index in [4.69, 9.17) is 4.74 Å². The topological polar surface area (TPSA) is 91.0 Å². The minimum Gasteiger partial charge on any atom is -0.457 e. The van der Waals surface area contributed by atoms with E-state index in [1.807, 2.05) is 30.9 Å². The van der Waals surface area contributed by atoms with Crippen molar-refractivity contribution in [3.8, 4) is 11.5 Å². The summed E-state index contributed by atoms with van der Waals surface area (Å²) in [5.74, 6) is 1.36. The smallest absolute Gasteiger partial charge is 0.317 e. The Morgan fingerprint density at radius 1 is 1.03 bits per heavy atom. The summed E-state index contributed by atoms with van der Waals surface area (Å²) in [6, 6.07) is 15.1. The van der Waals surface area contributed by atoms with E-state index in [-0.39, 0.29) is 18.4 Å². The molecule has 1 saturated heterocycles. The zero-order valence-electron chi connectivity index (χ0n) is 20.0. The van der Waals surface area contributed by atoms with Gasteiger partial charge in [-0.25, -0.2) is 13.2 Å². The third-order valence-electron chi connectivity index (χ3n) is 5.65. The van der Waals surface area contributed by atoms with E-state index in [0.29, 0.717) is 24.0 Å². The van der Waals surface area contributed by atoms with E-state index >= 15 is 0 Å². The third-order valence-corrected chi connectivity index (χ3v) is 6.26. The highest BCUT2D eigenvalue weighted by molar-refractivity contribution is 7.92. The Kier molecular flexibility index (Phi) is 10.5. The molecular weight excluding hydrogens is 476 g/mol. The van der Waals surface area contributed by atoms with E-state index in [1.54, 1.807) is 24.3 Å². The van der Waals surface area contributed by atoms with E-state index < -0.39 is 10.0 Å². The molecule has 8 nitrogen and oxygen atoms in total. The number of amides is 2. The normalized spacial score (nSPS) is 14.7. The van der Waals surface area contributed by atoms with E-state index in [1.165, 1.54) is 5.56 Å². The van der Waals surface area contributed by atoms with Gasteiger partial charge in [0.25, 0.3) is 0 Å². The molecule has 0 bridgehead atoms. The van der Waals surface area contributed by atoms with Gasteiger partial charge in [0.1, 0.15) is 11.5 Å². The Balaban J connectivity index is 0.00000408. The van der Waals surface area contributed by atoms with Gasteiger partial charge in [0, 0.05) is 44.5 Å².